The molecule has 1 aliphatic heterocycles. The fourth-order valence-electron chi connectivity index (χ4n) is 3.92. The maximum absolute atomic E-state index is 14.6. The van der Waals surface area contributed by atoms with E-state index in [-0.39, 0.29) is 10.5 Å². The van der Waals surface area contributed by atoms with E-state index in [1.165, 1.54) is 10.0 Å². The monoisotopic (exact) mass is 502 g/mol. The van der Waals surface area contributed by atoms with Gasteiger partial charge in [-0.15, -0.1) is 0 Å². The number of hydrogen-bond donors (Lipinski definition) is 2. The van der Waals surface area contributed by atoms with Crippen molar-refractivity contribution in [1.82, 2.24) is 14.2 Å². The highest BCUT2D eigenvalue weighted by Crippen LogP contribution is 2.29. The van der Waals surface area contributed by atoms with E-state index in [9.17, 15) is 12.8 Å². The van der Waals surface area contributed by atoms with Gasteiger partial charge in [0.1, 0.15) is 5.82 Å². The first-order chi connectivity index (χ1) is 17.0. The average molecular weight is 503 g/mol. The van der Waals surface area contributed by atoms with Gasteiger partial charge in [0, 0.05) is 50.2 Å². The van der Waals surface area contributed by atoms with E-state index >= 15 is 0 Å². The van der Waals surface area contributed by atoms with E-state index in [2.05, 4.69) is 15.5 Å². The molecule has 0 bridgehead atoms. The van der Waals surface area contributed by atoms with Gasteiger partial charge in [-0.2, -0.15) is 0 Å². The lowest BCUT2D eigenvalue weighted by Gasteiger charge is -2.26. The van der Waals surface area contributed by atoms with Gasteiger partial charge in [-0.05, 0) is 49.0 Å². The molecule has 0 atom stereocenters. The molecule has 2 aromatic carbocycles. The van der Waals surface area contributed by atoms with Gasteiger partial charge in [-0.1, -0.05) is 32.0 Å². The Labute approximate surface area is 208 Å². The van der Waals surface area contributed by atoms with Crippen LogP contribution in [0.5, 0.6) is 0 Å². The van der Waals surface area contributed by atoms with Gasteiger partial charge in [0.15, 0.2) is 0 Å². The van der Waals surface area contributed by atoms with Crippen LogP contribution in [0.2, 0.25) is 0 Å². The summed E-state index contributed by atoms with van der Waals surface area (Å²) in [7, 11) is -2.17. The number of rotatable bonds is 9. The minimum Gasteiger partial charge on any atom is -0.384 e. The first kappa shape index (κ1) is 26.9. The first-order valence-electron chi connectivity index (χ1n) is 12.0. The van der Waals surface area contributed by atoms with Crippen LogP contribution in [0.15, 0.2) is 65.7 Å². The highest BCUT2D eigenvalue weighted by molar-refractivity contribution is 7.90. The molecule has 7 nitrogen and oxygen atoms in total. The zero-order valence-electron chi connectivity index (χ0n) is 20.6. The molecule has 2 N–H and O–H groups in total. The number of morpholine rings is 1. The molecule has 4 rings (SSSR count). The van der Waals surface area contributed by atoms with Gasteiger partial charge in [-0.3, -0.25) is 4.90 Å². The van der Waals surface area contributed by atoms with Crippen LogP contribution in [0, 0.1) is 5.82 Å². The number of nitrogens with one attached hydrogen (secondary N) is 2. The summed E-state index contributed by atoms with van der Waals surface area (Å²) in [4.78, 5) is 2.45. The molecule has 3 aromatic rings. The van der Waals surface area contributed by atoms with Crippen LogP contribution >= 0.6 is 0 Å². The van der Waals surface area contributed by atoms with Crippen LogP contribution in [0.25, 0.3) is 11.3 Å². The maximum Gasteiger partial charge on any atom is 0.268 e. The van der Waals surface area contributed by atoms with Crippen molar-refractivity contribution in [3.63, 3.8) is 0 Å². The lowest BCUT2D eigenvalue weighted by molar-refractivity contribution is 0.0398. The van der Waals surface area contributed by atoms with Gasteiger partial charge in [0.2, 0.25) is 0 Å². The predicted octanol–water partition coefficient (Wildman–Crippen LogP) is 4.02. The second-order valence-corrected chi connectivity index (χ2v) is 9.77. The summed E-state index contributed by atoms with van der Waals surface area (Å²) < 4.78 is 48.3. The number of anilines is 1. The second kappa shape index (κ2) is 12.8. The second-order valence-electron chi connectivity index (χ2n) is 7.95. The van der Waals surface area contributed by atoms with Crippen molar-refractivity contribution in [3.8, 4) is 11.3 Å². The summed E-state index contributed by atoms with van der Waals surface area (Å²) >= 11 is 0. The van der Waals surface area contributed by atoms with Crippen LogP contribution in [-0.4, -0.2) is 63.7 Å². The standard InChI is InChI=1S/C24H29FN4O3S.C2H6/c1-26-17-19-15-24(22-7-2-3-8-23(22)25)29(18-19)33(30,31)21-6-4-5-20(16-21)27-9-10-28-11-13-32-14-12-28;1-2/h2-8,15-16,18,26-27H,9-14,17H2,1H3;1-2H3. The van der Waals surface area contributed by atoms with Gasteiger partial charge < -0.3 is 15.4 Å². The fourth-order valence-corrected chi connectivity index (χ4v) is 5.36. The molecule has 1 aliphatic rings. The Bertz CT molecular complexity index is 1190. The summed E-state index contributed by atoms with van der Waals surface area (Å²) in [6.45, 7) is 9.29. The summed E-state index contributed by atoms with van der Waals surface area (Å²) in [6, 6.07) is 14.6. The van der Waals surface area contributed by atoms with Crippen molar-refractivity contribution in [2.24, 2.45) is 0 Å². The SMILES string of the molecule is CC.CNCc1cc(-c2ccccc2F)n(S(=O)(=O)c2cccc(NCCN3CCOCC3)c2)c1. The van der Waals surface area contributed by atoms with E-state index in [1.54, 1.807) is 55.7 Å². The molecule has 190 valence electrons. The highest BCUT2D eigenvalue weighted by atomic mass is 32.2. The van der Waals surface area contributed by atoms with Crippen molar-refractivity contribution in [3.05, 3.63) is 72.2 Å². The molecule has 0 saturated carbocycles. The molecule has 2 heterocycles. The maximum atomic E-state index is 14.6. The van der Waals surface area contributed by atoms with Gasteiger partial charge in [0.25, 0.3) is 10.0 Å². The van der Waals surface area contributed by atoms with E-state index in [0.29, 0.717) is 18.8 Å². The molecule has 1 saturated heterocycles. The zero-order valence-corrected chi connectivity index (χ0v) is 21.4. The predicted molar refractivity (Wildman–Crippen MR) is 139 cm³/mol. The molecular formula is C26H35FN4O3S. The Morgan fingerprint density at radius 1 is 1.03 bits per heavy atom. The summed E-state index contributed by atoms with van der Waals surface area (Å²) in [6.07, 6.45) is 1.55. The normalized spacial score (nSPS) is 14.3. The molecule has 1 aromatic heterocycles. The topological polar surface area (TPSA) is 75.6 Å². The molecule has 35 heavy (non-hydrogen) atoms. The molecule has 0 unspecified atom stereocenters. The third kappa shape index (κ3) is 6.70. The van der Waals surface area contributed by atoms with E-state index in [4.69, 9.17) is 4.74 Å². The van der Waals surface area contributed by atoms with Gasteiger partial charge in [-0.25, -0.2) is 16.8 Å². The first-order valence-corrected chi connectivity index (χ1v) is 13.4. The number of nitrogens with zero attached hydrogens (tertiary/aromatic N) is 2. The Balaban J connectivity index is 0.00000167. The third-order valence-corrected chi connectivity index (χ3v) is 7.29. The van der Waals surface area contributed by atoms with Gasteiger partial charge in [0.05, 0.1) is 23.8 Å². The molecule has 9 heteroatoms. The smallest absolute Gasteiger partial charge is 0.268 e. The minimum absolute atomic E-state index is 0.142. The van der Waals surface area contributed by atoms with E-state index in [1.807, 2.05) is 19.9 Å². The summed E-state index contributed by atoms with van der Waals surface area (Å²) in [5.74, 6) is -0.471. The fraction of sp³-hybridized carbons (Fsp3) is 0.385. The van der Waals surface area contributed by atoms with Crippen molar-refractivity contribution in [1.29, 1.82) is 0 Å². The van der Waals surface area contributed by atoms with Gasteiger partial charge >= 0.3 is 0 Å². The zero-order chi connectivity index (χ0) is 25.3. The van der Waals surface area contributed by atoms with Crippen LogP contribution in [0.4, 0.5) is 10.1 Å². The van der Waals surface area contributed by atoms with Crippen molar-refractivity contribution in [2.45, 2.75) is 25.3 Å². The number of halogens is 1. The summed E-state index contributed by atoms with van der Waals surface area (Å²) in [5, 5.41) is 6.33. The minimum atomic E-state index is -3.94. The Hall–Kier alpha value is -2.72. The lowest BCUT2D eigenvalue weighted by atomic mass is 10.1. The Morgan fingerprint density at radius 3 is 2.49 bits per heavy atom. The number of hydrogen-bond acceptors (Lipinski definition) is 6. The van der Waals surface area contributed by atoms with Crippen LogP contribution < -0.4 is 10.6 Å². The molecule has 1 fully saturated rings. The Morgan fingerprint density at radius 2 is 1.77 bits per heavy atom. The van der Waals surface area contributed by atoms with Crippen LogP contribution in [0.3, 0.4) is 0 Å². The number of ether oxygens (including phenoxy) is 1. The third-order valence-electron chi connectivity index (χ3n) is 5.63. The number of benzene rings is 2. The van der Waals surface area contributed by atoms with Crippen molar-refractivity contribution < 1.29 is 17.5 Å². The summed E-state index contributed by atoms with van der Waals surface area (Å²) in [5.41, 5.74) is 2.01. The van der Waals surface area contributed by atoms with Crippen molar-refractivity contribution in [2.75, 3.05) is 51.8 Å². The van der Waals surface area contributed by atoms with Crippen molar-refractivity contribution >= 4 is 15.7 Å². The molecule has 0 spiro atoms. The molecule has 0 amide bonds. The quantitative estimate of drug-likeness (QED) is 0.460. The Kier molecular flexibility index (Phi) is 9.85. The van der Waals surface area contributed by atoms with Crippen LogP contribution in [-0.2, 0) is 21.3 Å². The molecule has 0 aliphatic carbocycles. The van der Waals surface area contributed by atoms with Crippen LogP contribution in [0.1, 0.15) is 19.4 Å². The highest BCUT2D eigenvalue weighted by Gasteiger charge is 2.23. The average Bonchev–Trinajstić information content (AvgIpc) is 3.31. The van der Waals surface area contributed by atoms with E-state index < -0.39 is 15.8 Å². The molecule has 0 radical (unpaired) electrons. The molecular weight excluding hydrogens is 467 g/mol. The van der Waals surface area contributed by atoms with E-state index in [0.717, 1.165) is 44.1 Å². The largest absolute Gasteiger partial charge is 0.384 e. The lowest BCUT2D eigenvalue weighted by Crippen LogP contribution is -2.39. The number of aromatic nitrogens is 1.